The van der Waals surface area contributed by atoms with E-state index in [-0.39, 0.29) is 0 Å². The molecule has 0 aromatic rings. The first-order valence-electron chi connectivity index (χ1n) is 6.88. The normalized spacial score (nSPS) is 40.1. The molecule has 0 radical (unpaired) electrons. The van der Waals surface area contributed by atoms with Crippen molar-refractivity contribution in [3.05, 3.63) is 0 Å². The van der Waals surface area contributed by atoms with Crippen LogP contribution in [-0.4, -0.2) is 31.0 Å². The minimum Gasteiger partial charge on any atom is -0.321 e. The van der Waals surface area contributed by atoms with Gasteiger partial charge in [-0.15, -0.1) is 0 Å². The molecule has 0 aromatic carbocycles. The Morgan fingerprint density at radius 3 is 2.71 bits per heavy atom. The highest BCUT2D eigenvalue weighted by molar-refractivity contribution is 7.44. The summed E-state index contributed by atoms with van der Waals surface area (Å²) in [7, 11) is 1.34. The molecule has 17 heavy (non-hydrogen) atoms. The molecule has 0 spiro atoms. The van der Waals surface area contributed by atoms with Gasteiger partial charge in [0.05, 0.1) is 12.7 Å². The smallest absolute Gasteiger partial charge is 0.258 e. The zero-order valence-corrected chi connectivity index (χ0v) is 12.5. The van der Waals surface area contributed by atoms with E-state index in [1.807, 2.05) is 0 Å². The molecule has 1 heterocycles. The van der Waals surface area contributed by atoms with Gasteiger partial charge in [-0.05, 0) is 37.6 Å². The third-order valence-electron chi connectivity index (χ3n) is 4.08. The van der Waals surface area contributed by atoms with Crippen molar-refractivity contribution in [1.82, 2.24) is 4.67 Å². The fraction of sp³-hybridized carbons (Fsp3) is 1.00. The van der Waals surface area contributed by atoms with Crippen LogP contribution in [-0.2, 0) is 9.05 Å². The molecule has 0 N–H and O–H groups in total. The predicted molar refractivity (Wildman–Crippen MR) is 71.7 cm³/mol. The van der Waals surface area contributed by atoms with Crippen LogP contribution in [0.25, 0.3) is 0 Å². The van der Waals surface area contributed by atoms with Gasteiger partial charge in [0.2, 0.25) is 0 Å². The summed E-state index contributed by atoms with van der Waals surface area (Å²) >= 11 is 0. The minimum absolute atomic E-state index is 0.408. The van der Waals surface area contributed by atoms with Crippen molar-refractivity contribution < 1.29 is 9.05 Å². The van der Waals surface area contributed by atoms with Gasteiger partial charge >= 0.3 is 0 Å². The van der Waals surface area contributed by atoms with Crippen molar-refractivity contribution in [1.29, 1.82) is 0 Å². The summed E-state index contributed by atoms with van der Waals surface area (Å²) in [4.78, 5) is 0. The van der Waals surface area contributed by atoms with Crippen LogP contribution in [0.15, 0.2) is 0 Å². The van der Waals surface area contributed by atoms with Crippen LogP contribution in [0.2, 0.25) is 0 Å². The average Bonchev–Trinajstić information content (AvgIpc) is 2.64. The van der Waals surface area contributed by atoms with Crippen LogP contribution in [0.1, 0.15) is 40.0 Å². The number of rotatable bonds is 3. The van der Waals surface area contributed by atoms with E-state index in [0.717, 1.165) is 25.0 Å². The largest absolute Gasteiger partial charge is 0.321 e. The molecule has 1 saturated carbocycles. The lowest BCUT2D eigenvalue weighted by molar-refractivity contribution is 0.0418. The first-order valence-corrected chi connectivity index (χ1v) is 8.01. The number of likely N-dealkylation sites (N-methyl/N-ethyl adjacent to an activating group) is 1. The van der Waals surface area contributed by atoms with Crippen molar-refractivity contribution >= 4 is 8.53 Å². The Hall–Kier alpha value is 0.310. The Labute approximate surface area is 107 Å². The summed E-state index contributed by atoms with van der Waals surface area (Å²) in [5.41, 5.74) is 0. The summed E-state index contributed by atoms with van der Waals surface area (Å²) in [5, 5.41) is 0. The molecule has 2 aliphatic rings. The Bertz CT molecular complexity index is 250. The highest BCUT2D eigenvalue weighted by Gasteiger charge is 2.36. The van der Waals surface area contributed by atoms with Crippen LogP contribution >= 0.6 is 8.53 Å². The molecule has 2 rings (SSSR count). The van der Waals surface area contributed by atoms with E-state index in [9.17, 15) is 0 Å². The molecule has 0 amide bonds. The fourth-order valence-electron chi connectivity index (χ4n) is 2.89. The zero-order chi connectivity index (χ0) is 12.4. The van der Waals surface area contributed by atoms with Crippen LogP contribution in [0.5, 0.6) is 0 Å². The molecule has 1 aliphatic carbocycles. The SMILES string of the molecule is CC(C)[C@@H]1CC[C@@H](C)C[C@H]1OP1OCCN1C. The second-order valence-corrected chi connectivity index (χ2v) is 7.55. The summed E-state index contributed by atoms with van der Waals surface area (Å²) < 4.78 is 14.2. The number of hydrogen-bond acceptors (Lipinski definition) is 3. The van der Waals surface area contributed by atoms with Gasteiger partial charge < -0.3 is 9.05 Å². The van der Waals surface area contributed by atoms with Gasteiger partial charge in [-0.3, -0.25) is 0 Å². The monoisotopic (exact) mass is 259 g/mol. The highest BCUT2D eigenvalue weighted by Crippen LogP contribution is 2.50. The van der Waals surface area contributed by atoms with Gasteiger partial charge in [0.15, 0.2) is 0 Å². The molecule has 4 heteroatoms. The molecule has 4 atom stereocenters. The maximum absolute atomic E-state index is 6.28. The van der Waals surface area contributed by atoms with Crippen molar-refractivity contribution in [2.45, 2.75) is 46.1 Å². The average molecular weight is 259 g/mol. The summed E-state index contributed by atoms with van der Waals surface area (Å²) in [5.74, 6) is 2.24. The fourth-order valence-corrected chi connectivity index (χ4v) is 4.27. The number of hydrogen-bond donors (Lipinski definition) is 0. The van der Waals surface area contributed by atoms with Crippen LogP contribution in [0.4, 0.5) is 0 Å². The molecule has 3 nitrogen and oxygen atoms in total. The van der Waals surface area contributed by atoms with Crippen LogP contribution < -0.4 is 0 Å². The second kappa shape index (κ2) is 5.97. The molecule has 0 aromatic heterocycles. The Balaban J connectivity index is 1.94. The van der Waals surface area contributed by atoms with E-state index in [2.05, 4.69) is 32.5 Å². The molecule has 100 valence electrons. The van der Waals surface area contributed by atoms with E-state index >= 15 is 0 Å². The van der Waals surface area contributed by atoms with E-state index in [4.69, 9.17) is 9.05 Å². The lowest BCUT2D eigenvalue weighted by Gasteiger charge is -2.38. The summed E-state index contributed by atoms with van der Waals surface area (Å²) in [6.45, 7) is 8.84. The molecule has 2 fully saturated rings. The quantitative estimate of drug-likeness (QED) is 0.722. The summed E-state index contributed by atoms with van der Waals surface area (Å²) in [6.07, 6.45) is 4.29. The third-order valence-corrected chi connectivity index (χ3v) is 5.69. The lowest BCUT2D eigenvalue weighted by atomic mass is 9.75. The Morgan fingerprint density at radius 1 is 1.35 bits per heavy atom. The minimum atomic E-state index is -0.766. The van der Waals surface area contributed by atoms with E-state index in [0.29, 0.717) is 12.0 Å². The van der Waals surface area contributed by atoms with Gasteiger partial charge in [-0.25, -0.2) is 4.67 Å². The molecular weight excluding hydrogens is 233 g/mol. The molecule has 1 saturated heterocycles. The van der Waals surface area contributed by atoms with Crippen LogP contribution in [0, 0.1) is 17.8 Å². The maximum Gasteiger partial charge on any atom is 0.258 e. The van der Waals surface area contributed by atoms with Crippen molar-refractivity contribution in [2.24, 2.45) is 17.8 Å². The van der Waals surface area contributed by atoms with E-state index in [1.54, 1.807) is 0 Å². The Morgan fingerprint density at radius 2 is 2.12 bits per heavy atom. The van der Waals surface area contributed by atoms with Crippen molar-refractivity contribution in [3.8, 4) is 0 Å². The molecule has 0 bridgehead atoms. The van der Waals surface area contributed by atoms with Gasteiger partial charge in [-0.1, -0.05) is 27.2 Å². The van der Waals surface area contributed by atoms with E-state index in [1.165, 1.54) is 19.3 Å². The topological polar surface area (TPSA) is 21.7 Å². The second-order valence-electron chi connectivity index (χ2n) is 5.92. The highest BCUT2D eigenvalue weighted by atomic mass is 31.2. The standard InChI is InChI=1S/C13H26NO2P/c1-10(2)12-6-5-11(3)9-13(12)16-17-14(4)7-8-15-17/h10-13H,5-9H2,1-4H3/t11-,12+,13-,17?/m1/s1. The van der Waals surface area contributed by atoms with Gasteiger partial charge in [-0.2, -0.15) is 0 Å². The Kier molecular flexibility index (Phi) is 4.82. The van der Waals surface area contributed by atoms with Crippen LogP contribution in [0.3, 0.4) is 0 Å². The molecular formula is C13H26NO2P. The van der Waals surface area contributed by atoms with E-state index < -0.39 is 8.53 Å². The zero-order valence-electron chi connectivity index (χ0n) is 11.6. The maximum atomic E-state index is 6.28. The van der Waals surface area contributed by atoms with Crippen molar-refractivity contribution in [3.63, 3.8) is 0 Å². The molecule has 1 unspecified atom stereocenters. The molecule has 1 aliphatic heterocycles. The van der Waals surface area contributed by atoms with Crippen molar-refractivity contribution in [2.75, 3.05) is 20.2 Å². The lowest BCUT2D eigenvalue weighted by Crippen LogP contribution is -2.33. The number of nitrogens with zero attached hydrogens (tertiary/aromatic N) is 1. The van der Waals surface area contributed by atoms with Gasteiger partial charge in [0, 0.05) is 6.54 Å². The first kappa shape index (κ1) is 13.7. The predicted octanol–water partition coefficient (Wildman–Crippen LogP) is 3.65. The van der Waals surface area contributed by atoms with Gasteiger partial charge in [0.25, 0.3) is 8.53 Å². The summed E-state index contributed by atoms with van der Waals surface area (Å²) in [6, 6.07) is 0. The third kappa shape index (κ3) is 3.41. The first-order chi connectivity index (χ1) is 8.08. The van der Waals surface area contributed by atoms with Gasteiger partial charge in [0.1, 0.15) is 0 Å².